The molecule has 2 amide bonds. The molecule has 39 heavy (non-hydrogen) atoms. The predicted octanol–water partition coefficient (Wildman–Crippen LogP) is 6.21. The zero-order valence-electron chi connectivity index (χ0n) is 22.7. The summed E-state index contributed by atoms with van der Waals surface area (Å²) in [5.74, 6) is -0.186. The molecule has 3 aromatic rings. The summed E-state index contributed by atoms with van der Waals surface area (Å²) in [4.78, 5) is 29.0. The van der Waals surface area contributed by atoms with Gasteiger partial charge in [-0.1, -0.05) is 36.4 Å². The molecule has 3 aromatic carbocycles. The Morgan fingerprint density at radius 2 is 1.64 bits per heavy atom. The lowest BCUT2D eigenvalue weighted by molar-refractivity contribution is 0.0139. The van der Waals surface area contributed by atoms with Gasteiger partial charge in [0, 0.05) is 56.3 Å². The van der Waals surface area contributed by atoms with Crippen molar-refractivity contribution in [3.63, 3.8) is 0 Å². The van der Waals surface area contributed by atoms with Crippen molar-refractivity contribution in [2.75, 3.05) is 26.2 Å². The van der Waals surface area contributed by atoms with Crippen LogP contribution in [0, 0.1) is 5.82 Å². The molecule has 1 N–H and O–H groups in total. The van der Waals surface area contributed by atoms with Crippen molar-refractivity contribution in [1.29, 1.82) is 0 Å². The molecule has 8 heteroatoms. The van der Waals surface area contributed by atoms with Gasteiger partial charge in [0.2, 0.25) is 0 Å². The molecule has 1 fully saturated rings. The van der Waals surface area contributed by atoms with Crippen LogP contribution in [0.5, 0.6) is 0 Å². The predicted molar refractivity (Wildman–Crippen MR) is 152 cm³/mol. The van der Waals surface area contributed by atoms with E-state index in [2.05, 4.69) is 10.2 Å². The molecule has 0 radical (unpaired) electrons. The fraction of sp³-hybridized carbons (Fsp3) is 0.355. The minimum Gasteiger partial charge on any atom is -0.444 e. The first kappa shape index (κ1) is 28.6. The second-order valence-electron chi connectivity index (χ2n) is 10.8. The fourth-order valence-corrected chi connectivity index (χ4v) is 4.66. The highest BCUT2D eigenvalue weighted by atomic mass is 35.5. The van der Waals surface area contributed by atoms with Gasteiger partial charge in [0.1, 0.15) is 11.4 Å². The Morgan fingerprint density at radius 3 is 2.36 bits per heavy atom. The second-order valence-corrected chi connectivity index (χ2v) is 11.0. The van der Waals surface area contributed by atoms with E-state index in [1.54, 1.807) is 35.2 Å². The van der Waals surface area contributed by atoms with Gasteiger partial charge in [0.15, 0.2) is 0 Å². The number of ether oxygens (including phenoxy) is 1. The summed E-state index contributed by atoms with van der Waals surface area (Å²) in [6.45, 7) is 9.26. The molecule has 1 aliphatic rings. The van der Waals surface area contributed by atoms with Gasteiger partial charge in [-0.2, -0.15) is 0 Å². The molecular formula is C31H35ClFN3O3. The van der Waals surface area contributed by atoms with Crippen LogP contribution in [-0.4, -0.2) is 53.6 Å². The van der Waals surface area contributed by atoms with Crippen LogP contribution < -0.4 is 5.32 Å². The van der Waals surface area contributed by atoms with Crippen LogP contribution in [-0.2, 0) is 23.7 Å². The van der Waals surface area contributed by atoms with Gasteiger partial charge in [-0.3, -0.25) is 9.69 Å². The summed E-state index contributed by atoms with van der Waals surface area (Å²) in [6.07, 6.45) is -0.278. The van der Waals surface area contributed by atoms with E-state index < -0.39 is 5.60 Å². The van der Waals surface area contributed by atoms with Crippen LogP contribution in [0.2, 0.25) is 0 Å². The SMILES string of the molecule is CC(C)(C)OC(=O)N1CCN(Cc2cccc(-c3cc(CNC(=O)c4cccc(CCl)c4)ccc3F)c2)CC1. The zero-order chi connectivity index (χ0) is 28.0. The van der Waals surface area contributed by atoms with Crippen LogP contribution in [0.3, 0.4) is 0 Å². The van der Waals surface area contributed by atoms with Crippen molar-refractivity contribution >= 4 is 23.6 Å². The maximum atomic E-state index is 14.9. The van der Waals surface area contributed by atoms with Crippen LogP contribution >= 0.6 is 11.6 Å². The van der Waals surface area contributed by atoms with E-state index in [-0.39, 0.29) is 24.4 Å². The van der Waals surface area contributed by atoms with Crippen LogP contribution in [0.1, 0.15) is 47.8 Å². The van der Waals surface area contributed by atoms with E-state index in [0.29, 0.717) is 36.6 Å². The van der Waals surface area contributed by atoms with Gasteiger partial charge >= 0.3 is 6.09 Å². The average molecular weight is 552 g/mol. The Bertz CT molecular complexity index is 1320. The van der Waals surface area contributed by atoms with E-state index in [4.69, 9.17) is 16.3 Å². The summed E-state index contributed by atoms with van der Waals surface area (Å²) in [5, 5.41) is 2.91. The number of alkyl halides is 1. The number of benzene rings is 3. The van der Waals surface area contributed by atoms with Crippen molar-refractivity contribution in [2.24, 2.45) is 0 Å². The Kier molecular flexibility index (Phi) is 9.25. The highest BCUT2D eigenvalue weighted by molar-refractivity contribution is 6.17. The Balaban J connectivity index is 1.38. The first-order chi connectivity index (χ1) is 18.6. The van der Waals surface area contributed by atoms with Gasteiger partial charge in [0.25, 0.3) is 5.91 Å². The number of hydrogen-bond acceptors (Lipinski definition) is 4. The highest BCUT2D eigenvalue weighted by Gasteiger charge is 2.25. The number of nitrogens with one attached hydrogen (secondary N) is 1. The van der Waals surface area contributed by atoms with Gasteiger partial charge in [-0.05, 0) is 73.4 Å². The van der Waals surface area contributed by atoms with Crippen LogP contribution in [0.15, 0.2) is 66.7 Å². The highest BCUT2D eigenvalue weighted by Crippen LogP contribution is 2.26. The third-order valence-corrected chi connectivity index (χ3v) is 6.80. The Hall–Kier alpha value is -3.42. The number of halogens is 2. The van der Waals surface area contributed by atoms with Gasteiger partial charge < -0.3 is 15.0 Å². The van der Waals surface area contributed by atoms with E-state index in [9.17, 15) is 14.0 Å². The number of carbonyl (C=O) groups is 2. The summed E-state index contributed by atoms with van der Waals surface area (Å²) < 4.78 is 20.4. The molecule has 0 spiro atoms. The number of carbonyl (C=O) groups excluding carboxylic acids is 2. The smallest absolute Gasteiger partial charge is 0.410 e. The summed E-state index contributed by atoms with van der Waals surface area (Å²) >= 11 is 5.88. The summed E-state index contributed by atoms with van der Waals surface area (Å²) in [6, 6.07) is 19.9. The number of piperazine rings is 1. The molecule has 6 nitrogen and oxygen atoms in total. The third-order valence-electron chi connectivity index (χ3n) is 6.50. The molecule has 1 saturated heterocycles. The first-order valence-corrected chi connectivity index (χ1v) is 13.7. The first-order valence-electron chi connectivity index (χ1n) is 13.1. The lowest BCUT2D eigenvalue weighted by Crippen LogP contribution is -2.49. The molecule has 1 heterocycles. The number of nitrogens with zero attached hydrogens (tertiary/aromatic N) is 2. The number of amides is 2. The lowest BCUT2D eigenvalue weighted by atomic mass is 10.00. The van der Waals surface area contributed by atoms with Crippen molar-refractivity contribution in [2.45, 2.75) is 45.3 Å². The van der Waals surface area contributed by atoms with Gasteiger partial charge in [-0.15, -0.1) is 11.6 Å². The second kappa shape index (κ2) is 12.6. The van der Waals surface area contributed by atoms with E-state index in [0.717, 1.165) is 35.3 Å². The maximum absolute atomic E-state index is 14.9. The van der Waals surface area contributed by atoms with Crippen molar-refractivity contribution < 1.29 is 18.7 Å². The van der Waals surface area contributed by atoms with E-state index in [1.807, 2.05) is 51.1 Å². The maximum Gasteiger partial charge on any atom is 0.410 e. The fourth-order valence-electron chi connectivity index (χ4n) is 4.49. The van der Waals surface area contributed by atoms with Gasteiger partial charge in [0.05, 0.1) is 0 Å². The van der Waals surface area contributed by atoms with Crippen LogP contribution in [0.25, 0.3) is 11.1 Å². The molecule has 0 saturated carbocycles. The molecule has 1 aliphatic heterocycles. The van der Waals surface area contributed by atoms with Crippen molar-refractivity contribution in [3.05, 3.63) is 94.8 Å². The Labute approximate surface area is 234 Å². The molecular weight excluding hydrogens is 517 g/mol. The Morgan fingerprint density at radius 1 is 0.923 bits per heavy atom. The zero-order valence-corrected chi connectivity index (χ0v) is 23.4. The number of hydrogen-bond donors (Lipinski definition) is 1. The standard InChI is InChI=1S/C31H35ClFN3O3/c1-31(2,3)39-30(38)36-14-12-35(13-15-36)21-24-7-5-8-25(17-24)27-18-23(10-11-28(27)33)20-34-29(37)26-9-4-6-22(16-26)19-32/h4-11,16-18H,12-15,19-21H2,1-3H3,(H,34,37). The normalized spacial score (nSPS) is 14.2. The molecule has 0 atom stereocenters. The molecule has 0 aromatic heterocycles. The summed E-state index contributed by atoms with van der Waals surface area (Å²) in [5.41, 5.74) is 4.03. The minimum atomic E-state index is -0.511. The largest absolute Gasteiger partial charge is 0.444 e. The van der Waals surface area contributed by atoms with Gasteiger partial charge in [-0.25, -0.2) is 9.18 Å². The van der Waals surface area contributed by atoms with E-state index >= 15 is 0 Å². The quantitative estimate of drug-likeness (QED) is 0.354. The molecule has 4 rings (SSSR count). The number of rotatable bonds is 7. The molecule has 0 bridgehead atoms. The molecule has 206 valence electrons. The average Bonchev–Trinajstić information content (AvgIpc) is 2.92. The van der Waals surface area contributed by atoms with Crippen molar-refractivity contribution in [3.8, 4) is 11.1 Å². The third kappa shape index (κ3) is 8.04. The van der Waals surface area contributed by atoms with Crippen LogP contribution in [0.4, 0.5) is 9.18 Å². The monoisotopic (exact) mass is 551 g/mol. The van der Waals surface area contributed by atoms with E-state index in [1.165, 1.54) is 6.07 Å². The molecule has 0 unspecified atom stereocenters. The minimum absolute atomic E-state index is 0.207. The van der Waals surface area contributed by atoms with Crippen molar-refractivity contribution in [1.82, 2.24) is 15.1 Å². The topological polar surface area (TPSA) is 61.9 Å². The lowest BCUT2D eigenvalue weighted by Gasteiger charge is -2.35. The molecule has 0 aliphatic carbocycles. The summed E-state index contributed by atoms with van der Waals surface area (Å²) in [7, 11) is 0.